The summed E-state index contributed by atoms with van der Waals surface area (Å²) in [4.78, 5) is 13.0. The first-order valence-corrected chi connectivity index (χ1v) is 12.2. The van der Waals surface area contributed by atoms with E-state index < -0.39 is 0 Å². The number of rotatable bonds is 8. The van der Waals surface area contributed by atoms with Crippen LogP contribution in [0, 0.1) is 20.8 Å². The van der Waals surface area contributed by atoms with E-state index in [9.17, 15) is 4.79 Å². The molecule has 1 N–H and O–H groups in total. The van der Waals surface area contributed by atoms with Crippen LogP contribution >= 0.6 is 0 Å². The van der Waals surface area contributed by atoms with Crippen LogP contribution < -0.4 is 19.5 Å². The third-order valence-corrected chi connectivity index (χ3v) is 6.29. The maximum Gasteiger partial charge on any atom is 0.248 e. The van der Waals surface area contributed by atoms with Gasteiger partial charge in [-0.15, -0.1) is 0 Å². The minimum atomic E-state index is -0.204. The Kier molecular flexibility index (Phi) is 7.58. The lowest BCUT2D eigenvalue weighted by molar-refractivity contribution is -0.111. The highest BCUT2D eigenvalue weighted by Gasteiger charge is 2.21. The molecule has 0 atom stereocenters. The molecule has 1 aromatic heterocycles. The molecule has 3 aromatic carbocycles. The van der Waals surface area contributed by atoms with E-state index in [1.165, 1.54) is 0 Å². The molecule has 37 heavy (non-hydrogen) atoms. The van der Waals surface area contributed by atoms with Crippen LogP contribution in [0.25, 0.3) is 27.7 Å². The van der Waals surface area contributed by atoms with Gasteiger partial charge in [0.15, 0.2) is 0 Å². The Bertz CT molecular complexity index is 1480. The molecule has 0 aliphatic heterocycles. The number of allylic oxidation sites excluding steroid dienone is 1. The number of hydrogen-bond donors (Lipinski definition) is 1. The second-order valence-electron chi connectivity index (χ2n) is 9.10. The van der Waals surface area contributed by atoms with Gasteiger partial charge in [-0.2, -0.15) is 0 Å². The van der Waals surface area contributed by atoms with E-state index in [1.807, 2.05) is 71.0 Å². The maximum absolute atomic E-state index is 13.0. The van der Waals surface area contributed by atoms with Crippen molar-refractivity contribution in [1.82, 2.24) is 0 Å². The molecule has 0 spiro atoms. The van der Waals surface area contributed by atoms with E-state index in [0.29, 0.717) is 23.9 Å². The molecule has 1 amide bonds. The molecular formula is C31H33NO5. The fourth-order valence-corrected chi connectivity index (χ4v) is 4.67. The Morgan fingerprint density at radius 1 is 0.973 bits per heavy atom. The highest BCUT2D eigenvalue weighted by Crippen LogP contribution is 2.43. The molecule has 0 aliphatic carbocycles. The smallest absolute Gasteiger partial charge is 0.248 e. The van der Waals surface area contributed by atoms with Crippen LogP contribution in [-0.2, 0) is 4.79 Å². The first-order chi connectivity index (χ1) is 17.7. The van der Waals surface area contributed by atoms with Gasteiger partial charge in [-0.05, 0) is 87.7 Å². The molecule has 0 aliphatic rings. The van der Waals surface area contributed by atoms with Crippen molar-refractivity contribution in [3.8, 4) is 28.4 Å². The average molecular weight is 500 g/mol. The first-order valence-electron chi connectivity index (χ1n) is 12.2. The summed E-state index contributed by atoms with van der Waals surface area (Å²) in [6.45, 7) is 10.3. The Morgan fingerprint density at radius 3 is 2.35 bits per heavy atom. The first kappa shape index (κ1) is 25.9. The monoisotopic (exact) mass is 499 g/mol. The summed E-state index contributed by atoms with van der Waals surface area (Å²) >= 11 is 0. The number of methoxy groups -OCH3 is 2. The summed E-state index contributed by atoms with van der Waals surface area (Å²) in [5, 5.41) is 3.88. The molecule has 0 saturated heterocycles. The van der Waals surface area contributed by atoms with Gasteiger partial charge in [-0.1, -0.05) is 6.07 Å². The number of furan rings is 1. The summed E-state index contributed by atoms with van der Waals surface area (Å²) in [5.74, 6) is 1.91. The number of benzene rings is 3. The third-order valence-electron chi connectivity index (χ3n) is 6.29. The van der Waals surface area contributed by atoms with Crippen LogP contribution in [0.15, 0.2) is 59.2 Å². The fourth-order valence-electron chi connectivity index (χ4n) is 4.67. The average Bonchev–Trinajstić information content (AvgIpc) is 3.28. The number of aryl methyl sites for hydroxylation is 3. The van der Waals surface area contributed by atoms with Crippen LogP contribution in [0.1, 0.15) is 36.1 Å². The van der Waals surface area contributed by atoms with Crippen molar-refractivity contribution in [3.63, 3.8) is 0 Å². The predicted molar refractivity (Wildman–Crippen MR) is 149 cm³/mol. The van der Waals surface area contributed by atoms with Crippen LogP contribution in [0.2, 0.25) is 0 Å². The molecule has 6 nitrogen and oxygen atoms in total. The number of hydrogen-bond acceptors (Lipinski definition) is 5. The molecule has 0 radical (unpaired) electrons. The lowest BCUT2D eigenvalue weighted by Gasteiger charge is -2.15. The minimum absolute atomic E-state index is 0.204. The number of amides is 1. The van der Waals surface area contributed by atoms with E-state index in [1.54, 1.807) is 26.6 Å². The molecule has 6 heteroatoms. The van der Waals surface area contributed by atoms with Gasteiger partial charge < -0.3 is 23.9 Å². The summed E-state index contributed by atoms with van der Waals surface area (Å²) in [7, 11) is 3.27. The van der Waals surface area contributed by atoms with Crippen molar-refractivity contribution in [2.45, 2.75) is 34.6 Å². The lowest BCUT2D eigenvalue weighted by Crippen LogP contribution is -2.09. The van der Waals surface area contributed by atoms with Gasteiger partial charge in [0.2, 0.25) is 5.91 Å². The molecule has 0 unspecified atom stereocenters. The molecule has 4 aromatic rings. The van der Waals surface area contributed by atoms with Crippen molar-refractivity contribution >= 4 is 28.1 Å². The van der Waals surface area contributed by atoms with Gasteiger partial charge in [-0.25, -0.2) is 0 Å². The molecule has 4 rings (SSSR count). The SMILES string of the molecule is CCOc1c(/C(C)=C/C(=O)Nc2cc(C)cc(C)c2)cc2c(-c3cc(OC)ccc3OC)coc2c1C. The zero-order valence-corrected chi connectivity index (χ0v) is 22.4. The molecule has 0 saturated carbocycles. The number of carbonyl (C=O) groups excluding carboxylic acids is 1. The highest BCUT2D eigenvalue weighted by atomic mass is 16.5. The number of anilines is 1. The van der Waals surface area contributed by atoms with Crippen LogP contribution in [0.5, 0.6) is 17.2 Å². The maximum atomic E-state index is 13.0. The van der Waals surface area contributed by atoms with E-state index in [4.69, 9.17) is 18.6 Å². The second-order valence-corrected chi connectivity index (χ2v) is 9.10. The minimum Gasteiger partial charge on any atom is -0.497 e. The van der Waals surface area contributed by atoms with Crippen LogP contribution in [-0.4, -0.2) is 26.7 Å². The van der Waals surface area contributed by atoms with Crippen molar-refractivity contribution in [2.75, 3.05) is 26.1 Å². The van der Waals surface area contributed by atoms with Gasteiger partial charge >= 0.3 is 0 Å². The zero-order valence-electron chi connectivity index (χ0n) is 22.4. The Hall–Kier alpha value is -4.19. The van der Waals surface area contributed by atoms with Gasteiger partial charge in [0.25, 0.3) is 0 Å². The van der Waals surface area contributed by atoms with Gasteiger partial charge in [-0.3, -0.25) is 4.79 Å². The molecule has 1 heterocycles. The van der Waals surface area contributed by atoms with E-state index in [0.717, 1.165) is 55.6 Å². The van der Waals surface area contributed by atoms with Crippen molar-refractivity contribution in [2.24, 2.45) is 0 Å². The van der Waals surface area contributed by atoms with E-state index >= 15 is 0 Å². The summed E-state index contributed by atoms with van der Waals surface area (Å²) in [6.07, 6.45) is 3.33. The lowest BCUT2D eigenvalue weighted by atomic mass is 9.96. The van der Waals surface area contributed by atoms with Crippen molar-refractivity contribution < 1.29 is 23.4 Å². The van der Waals surface area contributed by atoms with Gasteiger partial charge in [0, 0.05) is 39.4 Å². The third kappa shape index (κ3) is 5.33. The van der Waals surface area contributed by atoms with Gasteiger partial charge in [0.05, 0.1) is 27.1 Å². The number of ether oxygens (including phenoxy) is 3. The van der Waals surface area contributed by atoms with Crippen molar-refractivity contribution in [3.05, 3.63) is 77.1 Å². The molecule has 0 fully saturated rings. The second kappa shape index (κ2) is 10.8. The van der Waals surface area contributed by atoms with Crippen LogP contribution in [0.4, 0.5) is 5.69 Å². The normalized spacial score (nSPS) is 11.5. The molecular weight excluding hydrogens is 466 g/mol. The predicted octanol–water partition coefficient (Wildman–Crippen LogP) is 7.48. The van der Waals surface area contributed by atoms with Crippen LogP contribution in [0.3, 0.4) is 0 Å². The number of nitrogens with one attached hydrogen (secondary N) is 1. The highest BCUT2D eigenvalue weighted by molar-refractivity contribution is 6.06. The summed E-state index contributed by atoms with van der Waals surface area (Å²) < 4.78 is 23.2. The Balaban J connectivity index is 1.82. The molecule has 0 bridgehead atoms. The summed E-state index contributed by atoms with van der Waals surface area (Å²) in [6, 6.07) is 13.6. The van der Waals surface area contributed by atoms with Gasteiger partial charge in [0.1, 0.15) is 22.8 Å². The number of fused-ring (bicyclic) bond motifs is 1. The Labute approximate surface area is 217 Å². The Morgan fingerprint density at radius 2 is 1.70 bits per heavy atom. The summed E-state index contributed by atoms with van der Waals surface area (Å²) in [5.41, 5.74) is 7.87. The largest absolute Gasteiger partial charge is 0.497 e. The van der Waals surface area contributed by atoms with E-state index in [-0.39, 0.29) is 5.91 Å². The van der Waals surface area contributed by atoms with E-state index in [2.05, 4.69) is 11.4 Å². The molecule has 192 valence electrons. The topological polar surface area (TPSA) is 69.9 Å². The zero-order chi connectivity index (χ0) is 26.7. The fraction of sp³-hybridized carbons (Fsp3) is 0.258. The standard InChI is InChI=1S/C31H33NO5/c1-8-36-30-21(5)31-26(27(17-37-31)25-15-23(34-6)9-10-28(25)35-7)16-24(30)20(4)14-29(33)32-22-12-18(2)11-19(3)13-22/h9-17H,8H2,1-7H3,(H,32,33)/b20-14+. The quantitative estimate of drug-likeness (QED) is 0.254. The van der Waals surface area contributed by atoms with Crippen molar-refractivity contribution in [1.29, 1.82) is 0 Å². The number of carbonyl (C=O) groups is 1.